The lowest BCUT2D eigenvalue weighted by Gasteiger charge is -2.30. The maximum Gasteiger partial charge on any atom is 0.254 e. The molecule has 0 bridgehead atoms. The summed E-state index contributed by atoms with van der Waals surface area (Å²) in [5.74, 6) is -0.139. The van der Waals surface area contributed by atoms with E-state index in [-0.39, 0.29) is 11.9 Å². The Hall–Kier alpha value is -1.98. The summed E-state index contributed by atoms with van der Waals surface area (Å²) in [6.45, 7) is 6.67. The van der Waals surface area contributed by atoms with Gasteiger partial charge in [-0.3, -0.25) is 9.69 Å². The SMILES string of the molecule is CCN(CC)[C@@H](CNC(=O)c1ccc[nH]c1=S)c1ccccc1. The minimum absolute atomic E-state index is 0.139. The van der Waals surface area contributed by atoms with Gasteiger partial charge in [-0.25, -0.2) is 0 Å². The summed E-state index contributed by atoms with van der Waals surface area (Å²) in [5, 5.41) is 3.02. The van der Waals surface area contributed by atoms with E-state index in [4.69, 9.17) is 12.2 Å². The van der Waals surface area contributed by atoms with Crippen LogP contribution in [0.3, 0.4) is 0 Å². The molecular formula is C18H23N3OS. The molecule has 0 radical (unpaired) electrons. The van der Waals surface area contributed by atoms with Crippen LogP contribution in [0.2, 0.25) is 0 Å². The van der Waals surface area contributed by atoms with Crippen molar-refractivity contribution in [3.63, 3.8) is 0 Å². The lowest BCUT2D eigenvalue weighted by Crippen LogP contribution is -2.38. The normalized spacial score (nSPS) is 12.1. The van der Waals surface area contributed by atoms with Crippen molar-refractivity contribution in [1.82, 2.24) is 15.2 Å². The molecule has 5 heteroatoms. The van der Waals surface area contributed by atoms with Gasteiger partial charge in [0.25, 0.3) is 5.91 Å². The van der Waals surface area contributed by atoms with Gasteiger partial charge in [-0.2, -0.15) is 0 Å². The summed E-state index contributed by atoms with van der Waals surface area (Å²) >= 11 is 5.17. The summed E-state index contributed by atoms with van der Waals surface area (Å²) in [6, 6.07) is 13.9. The number of nitrogens with one attached hydrogen (secondary N) is 2. The molecule has 23 heavy (non-hydrogen) atoms. The van der Waals surface area contributed by atoms with E-state index < -0.39 is 0 Å². The van der Waals surface area contributed by atoms with E-state index in [1.54, 1.807) is 18.3 Å². The van der Waals surface area contributed by atoms with Crippen LogP contribution in [0.1, 0.15) is 35.8 Å². The van der Waals surface area contributed by atoms with Gasteiger partial charge in [0.2, 0.25) is 0 Å². The molecule has 0 unspecified atom stereocenters. The molecule has 1 atom stereocenters. The topological polar surface area (TPSA) is 48.1 Å². The van der Waals surface area contributed by atoms with Gasteiger partial charge in [0.1, 0.15) is 4.64 Å². The lowest BCUT2D eigenvalue weighted by atomic mass is 10.0. The van der Waals surface area contributed by atoms with Gasteiger partial charge in [-0.15, -0.1) is 0 Å². The minimum atomic E-state index is -0.139. The Morgan fingerprint density at radius 2 is 1.87 bits per heavy atom. The van der Waals surface area contributed by atoms with Crippen LogP contribution in [0.25, 0.3) is 0 Å². The number of aromatic nitrogens is 1. The standard InChI is InChI=1S/C18H23N3OS/c1-3-21(4-2)16(14-9-6-5-7-10-14)13-20-17(22)15-11-8-12-19-18(15)23/h5-12,16H,3-4,13H2,1-2H3,(H,19,23)(H,20,22)/t16-/m0/s1. The molecule has 0 saturated carbocycles. The first-order valence-electron chi connectivity index (χ1n) is 7.92. The number of nitrogens with zero attached hydrogens (tertiary/aromatic N) is 1. The van der Waals surface area contributed by atoms with E-state index in [9.17, 15) is 4.79 Å². The molecule has 1 aromatic carbocycles. The third kappa shape index (κ3) is 4.50. The Morgan fingerprint density at radius 1 is 1.17 bits per heavy atom. The zero-order valence-corrected chi connectivity index (χ0v) is 14.4. The summed E-state index contributed by atoms with van der Waals surface area (Å²) < 4.78 is 0.462. The molecule has 0 spiro atoms. The number of hydrogen-bond donors (Lipinski definition) is 2. The second-order valence-corrected chi connectivity index (χ2v) is 5.68. The van der Waals surface area contributed by atoms with Gasteiger partial charge in [0, 0.05) is 12.7 Å². The van der Waals surface area contributed by atoms with Crippen LogP contribution in [0.5, 0.6) is 0 Å². The summed E-state index contributed by atoms with van der Waals surface area (Å²) in [6.07, 6.45) is 1.72. The maximum absolute atomic E-state index is 12.4. The Labute approximate surface area is 142 Å². The highest BCUT2D eigenvalue weighted by atomic mass is 32.1. The third-order valence-electron chi connectivity index (χ3n) is 3.96. The summed E-state index contributed by atoms with van der Waals surface area (Å²) in [4.78, 5) is 17.6. The van der Waals surface area contributed by atoms with E-state index in [0.29, 0.717) is 16.7 Å². The number of amides is 1. The third-order valence-corrected chi connectivity index (χ3v) is 4.29. The van der Waals surface area contributed by atoms with Crippen molar-refractivity contribution >= 4 is 18.1 Å². The second kappa shape index (κ2) is 8.60. The zero-order chi connectivity index (χ0) is 16.7. The molecule has 0 aliphatic rings. The van der Waals surface area contributed by atoms with E-state index in [0.717, 1.165) is 13.1 Å². The van der Waals surface area contributed by atoms with Gasteiger partial charge >= 0.3 is 0 Å². The van der Waals surface area contributed by atoms with Crippen LogP contribution in [0.4, 0.5) is 0 Å². The van der Waals surface area contributed by atoms with Crippen molar-refractivity contribution in [2.75, 3.05) is 19.6 Å². The number of aromatic amines is 1. The molecule has 1 heterocycles. The average molecular weight is 329 g/mol. The van der Waals surface area contributed by atoms with E-state index in [1.165, 1.54) is 5.56 Å². The Bertz CT molecular complexity index is 680. The first-order chi connectivity index (χ1) is 11.2. The summed E-state index contributed by atoms with van der Waals surface area (Å²) in [5.41, 5.74) is 1.71. The van der Waals surface area contributed by atoms with E-state index in [2.05, 4.69) is 41.2 Å². The molecule has 0 fully saturated rings. The molecule has 1 aromatic heterocycles. The quantitative estimate of drug-likeness (QED) is 0.764. The first-order valence-corrected chi connectivity index (χ1v) is 8.33. The van der Waals surface area contributed by atoms with Crippen molar-refractivity contribution in [2.24, 2.45) is 0 Å². The van der Waals surface area contributed by atoms with Gasteiger partial charge in [0.15, 0.2) is 0 Å². The van der Waals surface area contributed by atoms with E-state index >= 15 is 0 Å². The number of benzene rings is 1. The number of likely N-dealkylation sites (N-methyl/N-ethyl adjacent to an activating group) is 1. The fraction of sp³-hybridized carbons (Fsp3) is 0.333. The van der Waals surface area contributed by atoms with Gasteiger partial charge < -0.3 is 10.3 Å². The Morgan fingerprint density at radius 3 is 2.48 bits per heavy atom. The fourth-order valence-corrected chi connectivity index (χ4v) is 2.91. The molecule has 2 rings (SSSR count). The van der Waals surface area contributed by atoms with Crippen LogP contribution in [-0.2, 0) is 0 Å². The number of H-pyrrole nitrogens is 1. The first kappa shape index (κ1) is 17.4. The number of carbonyl (C=O) groups excluding carboxylic acids is 1. The Balaban J connectivity index is 2.14. The van der Waals surface area contributed by atoms with Gasteiger partial charge in [-0.05, 0) is 30.8 Å². The molecule has 0 saturated heterocycles. The largest absolute Gasteiger partial charge is 0.352 e. The number of rotatable bonds is 7. The summed E-state index contributed by atoms with van der Waals surface area (Å²) in [7, 11) is 0. The smallest absolute Gasteiger partial charge is 0.254 e. The van der Waals surface area contributed by atoms with Crippen molar-refractivity contribution in [3.8, 4) is 0 Å². The minimum Gasteiger partial charge on any atom is -0.352 e. The van der Waals surface area contributed by atoms with Crippen molar-refractivity contribution in [3.05, 3.63) is 64.4 Å². The molecule has 1 amide bonds. The van der Waals surface area contributed by atoms with Crippen molar-refractivity contribution in [1.29, 1.82) is 0 Å². The molecule has 2 aromatic rings. The van der Waals surface area contributed by atoms with E-state index in [1.807, 2.05) is 18.2 Å². The molecule has 4 nitrogen and oxygen atoms in total. The maximum atomic E-state index is 12.4. The molecule has 0 aliphatic carbocycles. The monoisotopic (exact) mass is 329 g/mol. The lowest BCUT2D eigenvalue weighted by molar-refractivity contribution is 0.0934. The van der Waals surface area contributed by atoms with Crippen LogP contribution < -0.4 is 5.32 Å². The highest BCUT2D eigenvalue weighted by molar-refractivity contribution is 7.71. The highest BCUT2D eigenvalue weighted by Crippen LogP contribution is 2.19. The van der Waals surface area contributed by atoms with Crippen LogP contribution in [-0.4, -0.2) is 35.4 Å². The van der Waals surface area contributed by atoms with Crippen LogP contribution >= 0.6 is 12.2 Å². The number of carbonyl (C=O) groups is 1. The highest BCUT2D eigenvalue weighted by Gasteiger charge is 2.19. The van der Waals surface area contributed by atoms with Crippen molar-refractivity contribution < 1.29 is 4.79 Å². The molecule has 122 valence electrons. The predicted octanol–water partition coefficient (Wildman–Crippen LogP) is 3.56. The van der Waals surface area contributed by atoms with Gasteiger partial charge in [0.05, 0.1) is 11.6 Å². The van der Waals surface area contributed by atoms with Crippen LogP contribution in [0.15, 0.2) is 48.7 Å². The van der Waals surface area contributed by atoms with Crippen molar-refractivity contribution in [2.45, 2.75) is 19.9 Å². The molecule has 0 aliphatic heterocycles. The predicted molar refractivity (Wildman–Crippen MR) is 96.1 cm³/mol. The zero-order valence-electron chi connectivity index (χ0n) is 13.6. The van der Waals surface area contributed by atoms with Crippen LogP contribution in [0, 0.1) is 4.64 Å². The fourth-order valence-electron chi connectivity index (χ4n) is 2.68. The average Bonchev–Trinajstić information content (AvgIpc) is 2.59. The van der Waals surface area contributed by atoms with Gasteiger partial charge in [-0.1, -0.05) is 56.4 Å². The number of hydrogen-bond acceptors (Lipinski definition) is 3. The number of pyridine rings is 1. The molecule has 2 N–H and O–H groups in total. The molecular weight excluding hydrogens is 306 g/mol. The second-order valence-electron chi connectivity index (χ2n) is 5.27. The Kier molecular flexibility index (Phi) is 6.50.